The van der Waals surface area contributed by atoms with Crippen molar-refractivity contribution in [1.82, 2.24) is 15.6 Å². The van der Waals surface area contributed by atoms with Crippen LogP contribution in [-0.2, 0) is 6.54 Å². The first kappa shape index (κ1) is 16.4. The second-order valence-electron chi connectivity index (χ2n) is 5.10. The van der Waals surface area contributed by atoms with E-state index in [0.717, 1.165) is 11.1 Å². The standard InChI is InChI=1S/C18H19N3O2/c1-3-8-20-17(22)15-7-9-19-16(11-15)18(23)21-12-14-6-4-5-13(2)10-14/h3-7,9-11H,1,8,12H2,2H3,(H,20,22)(H,21,23). The third-order valence-electron chi connectivity index (χ3n) is 3.20. The van der Waals surface area contributed by atoms with E-state index in [1.807, 2.05) is 31.2 Å². The van der Waals surface area contributed by atoms with Gasteiger partial charge in [-0.3, -0.25) is 14.6 Å². The molecular formula is C18H19N3O2. The molecule has 1 heterocycles. The highest BCUT2D eigenvalue weighted by Crippen LogP contribution is 2.05. The Morgan fingerprint density at radius 1 is 1.17 bits per heavy atom. The van der Waals surface area contributed by atoms with Gasteiger partial charge in [0.05, 0.1) is 0 Å². The predicted octanol–water partition coefficient (Wildman–Crippen LogP) is 2.24. The predicted molar refractivity (Wildman–Crippen MR) is 89.1 cm³/mol. The van der Waals surface area contributed by atoms with Crippen molar-refractivity contribution in [3.05, 3.63) is 77.6 Å². The Hall–Kier alpha value is -2.95. The number of rotatable bonds is 6. The number of hydrogen-bond acceptors (Lipinski definition) is 3. The van der Waals surface area contributed by atoms with Gasteiger partial charge in [-0.15, -0.1) is 6.58 Å². The summed E-state index contributed by atoms with van der Waals surface area (Å²) in [5.41, 5.74) is 2.75. The third kappa shape index (κ3) is 4.78. The van der Waals surface area contributed by atoms with Crippen LogP contribution in [0.4, 0.5) is 0 Å². The van der Waals surface area contributed by atoms with Crippen LogP contribution in [0.2, 0.25) is 0 Å². The Morgan fingerprint density at radius 2 is 2.00 bits per heavy atom. The van der Waals surface area contributed by atoms with Gasteiger partial charge in [0, 0.05) is 24.8 Å². The maximum absolute atomic E-state index is 12.2. The number of pyridine rings is 1. The van der Waals surface area contributed by atoms with E-state index in [1.165, 1.54) is 12.3 Å². The zero-order chi connectivity index (χ0) is 16.7. The maximum atomic E-state index is 12.2. The molecule has 1 aromatic carbocycles. The van der Waals surface area contributed by atoms with Crippen LogP contribution in [0.1, 0.15) is 32.0 Å². The van der Waals surface area contributed by atoms with Crippen molar-refractivity contribution in [2.75, 3.05) is 6.54 Å². The molecule has 2 N–H and O–H groups in total. The molecule has 0 fully saturated rings. The molecule has 2 aromatic rings. The minimum absolute atomic E-state index is 0.212. The molecule has 0 aliphatic heterocycles. The largest absolute Gasteiger partial charge is 0.349 e. The van der Waals surface area contributed by atoms with Crippen LogP contribution in [-0.4, -0.2) is 23.3 Å². The van der Waals surface area contributed by atoms with Crippen LogP contribution in [0.15, 0.2) is 55.3 Å². The monoisotopic (exact) mass is 309 g/mol. The van der Waals surface area contributed by atoms with Crippen LogP contribution in [0.25, 0.3) is 0 Å². The molecule has 23 heavy (non-hydrogen) atoms. The molecule has 1 aromatic heterocycles. The lowest BCUT2D eigenvalue weighted by molar-refractivity contribution is 0.0946. The Bertz CT molecular complexity index is 726. The Kier molecular flexibility index (Phi) is 5.63. The lowest BCUT2D eigenvalue weighted by Crippen LogP contribution is -2.26. The Balaban J connectivity index is 2.02. The SMILES string of the molecule is C=CCNC(=O)c1ccnc(C(=O)NCc2cccc(C)c2)c1. The molecule has 0 spiro atoms. The van der Waals surface area contributed by atoms with E-state index in [2.05, 4.69) is 22.2 Å². The normalized spacial score (nSPS) is 9.96. The van der Waals surface area contributed by atoms with Crippen molar-refractivity contribution < 1.29 is 9.59 Å². The van der Waals surface area contributed by atoms with Gasteiger partial charge in [0.25, 0.3) is 11.8 Å². The number of aryl methyl sites for hydroxylation is 1. The van der Waals surface area contributed by atoms with Gasteiger partial charge >= 0.3 is 0 Å². The average molecular weight is 309 g/mol. The molecule has 0 aliphatic carbocycles. The summed E-state index contributed by atoms with van der Waals surface area (Å²) in [6.07, 6.45) is 3.04. The zero-order valence-corrected chi connectivity index (χ0v) is 13.0. The second-order valence-corrected chi connectivity index (χ2v) is 5.10. The number of hydrogen-bond donors (Lipinski definition) is 2. The fourth-order valence-corrected chi connectivity index (χ4v) is 2.06. The van der Waals surface area contributed by atoms with Crippen LogP contribution < -0.4 is 10.6 Å². The summed E-state index contributed by atoms with van der Waals surface area (Å²) in [7, 11) is 0. The number of amides is 2. The molecule has 2 rings (SSSR count). The number of benzene rings is 1. The molecule has 0 aliphatic rings. The van der Waals surface area contributed by atoms with Gasteiger partial charge in [0.15, 0.2) is 0 Å². The molecule has 0 atom stereocenters. The number of carbonyl (C=O) groups is 2. The number of carbonyl (C=O) groups excluding carboxylic acids is 2. The summed E-state index contributed by atoms with van der Waals surface area (Å²) in [6, 6.07) is 10.9. The van der Waals surface area contributed by atoms with Crippen LogP contribution in [0.3, 0.4) is 0 Å². The summed E-state index contributed by atoms with van der Waals surface area (Å²) < 4.78 is 0. The van der Waals surface area contributed by atoms with Crippen molar-refractivity contribution in [1.29, 1.82) is 0 Å². The molecule has 2 amide bonds. The van der Waals surface area contributed by atoms with Crippen molar-refractivity contribution in [2.24, 2.45) is 0 Å². The Labute approximate surface area is 135 Å². The summed E-state index contributed by atoms with van der Waals surface area (Å²) in [6.45, 7) is 6.32. The highest BCUT2D eigenvalue weighted by atomic mass is 16.2. The highest BCUT2D eigenvalue weighted by Gasteiger charge is 2.11. The van der Waals surface area contributed by atoms with Gasteiger partial charge in [0.1, 0.15) is 5.69 Å². The molecule has 0 unspecified atom stereocenters. The molecule has 5 nitrogen and oxygen atoms in total. The first-order chi connectivity index (χ1) is 11.1. The molecule has 0 saturated heterocycles. The third-order valence-corrected chi connectivity index (χ3v) is 3.20. The van der Waals surface area contributed by atoms with Crippen LogP contribution in [0.5, 0.6) is 0 Å². The number of nitrogens with zero attached hydrogens (tertiary/aromatic N) is 1. The summed E-state index contributed by atoms with van der Waals surface area (Å²) in [5.74, 6) is -0.579. The average Bonchev–Trinajstić information content (AvgIpc) is 2.57. The van der Waals surface area contributed by atoms with Gasteiger partial charge in [-0.2, -0.15) is 0 Å². The van der Waals surface area contributed by atoms with Gasteiger partial charge in [-0.25, -0.2) is 0 Å². The minimum atomic E-state index is -0.315. The quantitative estimate of drug-likeness (QED) is 0.804. The van der Waals surface area contributed by atoms with E-state index in [-0.39, 0.29) is 17.5 Å². The van der Waals surface area contributed by atoms with Crippen LogP contribution >= 0.6 is 0 Å². The van der Waals surface area contributed by atoms with Gasteiger partial charge in [-0.1, -0.05) is 35.9 Å². The van der Waals surface area contributed by atoms with E-state index in [1.54, 1.807) is 12.1 Å². The fourth-order valence-electron chi connectivity index (χ4n) is 2.06. The van der Waals surface area contributed by atoms with Gasteiger partial charge < -0.3 is 10.6 Å². The zero-order valence-electron chi connectivity index (χ0n) is 13.0. The van der Waals surface area contributed by atoms with Crippen molar-refractivity contribution >= 4 is 11.8 Å². The first-order valence-electron chi connectivity index (χ1n) is 7.29. The van der Waals surface area contributed by atoms with E-state index in [4.69, 9.17) is 0 Å². The summed E-state index contributed by atoms with van der Waals surface area (Å²) in [4.78, 5) is 28.1. The van der Waals surface area contributed by atoms with Crippen LogP contribution in [0, 0.1) is 6.92 Å². The van der Waals surface area contributed by atoms with Gasteiger partial charge in [0.2, 0.25) is 0 Å². The molecule has 118 valence electrons. The van der Waals surface area contributed by atoms with Crippen molar-refractivity contribution in [3.63, 3.8) is 0 Å². The summed E-state index contributed by atoms with van der Waals surface area (Å²) in [5, 5.41) is 5.46. The first-order valence-corrected chi connectivity index (χ1v) is 7.29. The lowest BCUT2D eigenvalue weighted by Gasteiger charge is -2.07. The second kappa shape index (κ2) is 7.89. The fraction of sp³-hybridized carbons (Fsp3) is 0.167. The number of nitrogens with one attached hydrogen (secondary N) is 2. The molecule has 0 bridgehead atoms. The molecule has 5 heteroatoms. The summed E-state index contributed by atoms with van der Waals surface area (Å²) >= 11 is 0. The van der Waals surface area contributed by atoms with E-state index in [0.29, 0.717) is 18.7 Å². The molecular weight excluding hydrogens is 290 g/mol. The van der Waals surface area contributed by atoms with Gasteiger partial charge in [-0.05, 0) is 24.6 Å². The van der Waals surface area contributed by atoms with E-state index < -0.39 is 0 Å². The Morgan fingerprint density at radius 3 is 2.74 bits per heavy atom. The number of aromatic nitrogens is 1. The minimum Gasteiger partial charge on any atom is -0.349 e. The lowest BCUT2D eigenvalue weighted by atomic mass is 10.1. The molecule has 0 radical (unpaired) electrons. The van der Waals surface area contributed by atoms with E-state index in [9.17, 15) is 9.59 Å². The smallest absolute Gasteiger partial charge is 0.270 e. The van der Waals surface area contributed by atoms with Crippen molar-refractivity contribution in [2.45, 2.75) is 13.5 Å². The highest BCUT2D eigenvalue weighted by molar-refractivity contribution is 5.98. The van der Waals surface area contributed by atoms with Crippen molar-refractivity contribution in [3.8, 4) is 0 Å². The maximum Gasteiger partial charge on any atom is 0.270 e. The topological polar surface area (TPSA) is 71.1 Å². The molecule has 0 saturated carbocycles. The van der Waals surface area contributed by atoms with E-state index >= 15 is 0 Å².